The Morgan fingerprint density at radius 3 is 3.05 bits per heavy atom. The molecule has 5 nitrogen and oxygen atoms in total. The molecule has 0 bridgehead atoms. The van der Waals surface area contributed by atoms with Crippen LogP contribution in [0.15, 0.2) is 27.4 Å². The van der Waals surface area contributed by atoms with E-state index in [-0.39, 0.29) is 0 Å². The summed E-state index contributed by atoms with van der Waals surface area (Å²) in [6, 6.07) is 1.92. The van der Waals surface area contributed by atoms with Crippen molar-refractivity contribution in [2.24, 2.45) is 0 Å². The van der Waals surface area contributed by atoms with Gasteiger partial charge in [-0.2, -0.15) is 0 Å². The van der Waals surface area contributed by atoms with Gasteiger partial charge in [-0.3, -0.25) is 0 Å². The maximum atomic E-state index is 5.73. The van der Waals surface area contributed by atoms with E-state index in [1.54, 1.807) is 19.6 Å². The minimum atomic E-state index is 0.714. The van der Waals surface area contributed by atoms with Gasteiger partial charge in [-0.05, 0) is 6.07 Å². The first kappa shape index (κ1) is 13.8. The Bertz CT molecular complexity index is 490. The molecule has 0 aliphatic heterocycles. The number of hydrogen-bond acceptors (Lipinski definition) is 5. The lowest BCUT2D eigenvalue weighted by Crippen LogP contribution is -2.21. The Morgan fingerprint density at radius 2 is 2.26 bits per heavy atom. The van der Waals surface area contributed by atoms with Crippen LogP contribution in [0.25, 0.3) is 11.3 Å². The van der Waals surface area contributed by atoms with Crippen molar-refractivity contribution < 1.29 is 13.6 Å². The number of nitrogens with zero attached hydrogens (tertiary/aromatic N) is 1. The Labute approximate surface area is 113 Å². The second-order valence-corrected chi connectivity index (χ2v) is 4.22. The minimum absolute atomic E-state index is 0.714. The first-order valence-corrected chi connectivity index (χ1v) is 6.56. The molecule has 2 heterocycles. The van der Waals surface area contributed by atoms with Gasteiger partial charge in [0.25, 0.3) is 0 Å². The van der Waals surface area contributed by atoms with E-state index in [1.807, 2.05) is 6.07 Å². The third-order valence-corrected chi connectivity index (χ3v) is 2.88. The van der Waals surface area contributed by atoms with Crippen molar-refractivity contribution in [2.75, 3.05) is 26.8 Å². The number of nitrogens with one attached hydrogen (secondary N) is 1. The molecule has 0 unspecified atom stereocenters. The summed E-state index contributed by atoms with van der Waals surface area (Å²) < 4.78 is 16.1. The van der Waals surface area contributed by atoms with Crippen molar-refractivity contribution in [1.82, 2.24) is 10.3 Å². The molecule has 1 N–H and O–H groups in total. The second-order valence-electron chi connectivity index (χ2n) is 4.22. The van der Waals surface area contributed by atoms with Crippen molar-refractivity contribution in [1.29, 1.82) is 0 Å². The van der Waals surface area contributed by atoms with Gasteiger partial charge in [0.15, 0.2) is 11.7 Å². The van der Waals surface area contributed by atoms with E-state index in [2.05, 4.69) is 17.2 Å². The third kappa shape index (κ3) is 3.68. The van der Waals surface area contributed by atoms with Crippen LogP contribution in [0.5, 0.6) is 0 Å². The fourth-order valence-electron chi connectivity index (χ4n) is 1.88. The number of methoxy groups -OCH3 is 1. The highest BCUT2D eigenvalue weighted by atomic mass is 16.5. The smallest absolute Gasteiger partial charge is 0.196 e. The summed E-state index contributed by atoms with van der Waals surface area (Å²) in [6.45, 7) is 4.44. The van der Waals surface area contributed by atoms with Crippen LogP contribution in [0.1, 0.15) is 18.6 Å². The molecule has 0 saturated heterocycles. The van der Waals surface area contributed by atoms with Gasteiger partial charge in [-0.15, -0.1) is 0 Å². The fourth-order valence-corrected chi connectivity index (χ4v) is 1.88. The second kappa shape index (κ2) is 7.11. The zero-order valence-electron chi connectivity index (χ0n) is 11.4. The van der Waals surface area contributed by atoms with Gasteiger partial charge in [0, 0.05) is 33.0 Å². The standard InChI is InChI=1S/C14H20N2O3/c1-3-12-11(5-8-18-12)13-10-16-14(19-13)4-6-15-7-9-17-2/h5,8,10,15H,3-4,6-7,9H2,1-2H3. The Morgan fingerprint density at radius 1 is 1.37 bits per heavy atom. The fraction of sp³-hybridized carbons (Fsp3) is 0.500. The molecular formula is C14H20N2O3. The van der Waals surface area contributed by atoms with E-state index < -0.39 is 0 Å². The van der Waals surface area contributed by atoms with Gasteiger partial charge < -0.3 is 18.9 Å². The molecule has 0 aliphatic carbocycles. The zero-order valence-corrected chi connectivity index (χ0v) is 11.4. The summed E-state index contributed by atoms with van der Waals surface area (Å²) in [5, 5.41) is 3.26. The Hall–Kier alpha value is -1.59. The monoisotopic (exact) mass is 264 g/mol. The molecular weight excluding hydrogens is 244 g/mol. The van der Waals surface area contributed by atoms with E-state index in [1.165, 1.54) is 0 Å². The molecule has 0 amide bonds. The van der Waals surface area contributed by atoms with E-state index in [0.29, 0.717) is 6.61 Å². The van der Waals surface area contributed by atoms with Crippen LogP contribution in [0.2, 0.25) is 0 Å². The van der Waals surface area contributed by atoms with Crippen LogP contribution in [-0.2, 0) is 17.6 Å². The van der Waals surface area contributed by atoms with Crippen molar-refractivity contribution >= 4 is 0 Å². The molecule has 2 aromatic heterocycles. The molecule has 0 aliphatic rings. The molecule has 0 fully saturated rings. The molecule has 2 rings (SSSR count). The molecule has 0 saturated carbocycles. The van der Waals surface area contributed by atoms with Crippen molar-refractivity contribution in [2.45, 2.75) is 19.8 Å². The van der Waals surface area contributed by atoms with Crippen LogP contribution in [0.3, 0.4) is 0 Å². The first-order chi connectivity index (χ1) is 9.35. The summed E-state index contributed by atoms with van der Waals surface area (Å²) in [4.78, 5) is 4.29. The third-order valence-electron chi connectivity index (χ3n) is 2.88. The van der Waals surface area contributed by atoms with E-state index in [0.717, 1.165) is 48.9 Å². The van der Waals surface area contributed by atoms with Crippen LogP contribution in [0, 0.1) is 0 Å². The highest BCUT2D eigenvalue weighted by Gasteiger charge is 2.12. The number of ether oxygens (including phenoxy) is 1. The molecule has 2 aromatic rings. The van der Waals surface area contributed by atoms with Crippen molar-refractivity contribution in [3.05, 3.63) is 30.2 Å². The topological polar surface area (TPSA) is 60.4 Å². The zero-order chi connectivity index (χ0) is 13.5. The minimum Gasteiger partial charge on any atom is -0.469 e. The van der Waals surface area contributed by atoms with Gasteiger partial charge in [0.1, 0.15) is 5.76 Å². The molecule has 0 atom stereocenters. The lowest BCUT2D eigenvalue weighted by atomic mass is 10.2. The highest BCUT2D eigenvalue weighted by Crippen LogP contribution is 2.25. The van der Waals surface area contributed by atoms with Gasteiger partial charge >= 0.3 is 0 Å². The van der Waals surface area contributed by atoms with Crippen molar-refractivity contribution in [3.8, 4) is 11.3 Å². The lowest BCUT2D eigenvalue weighted by Gasteiger charge is -2.01. The normalized spacial score (nSPS) is 11.1. The largest absolute Gasteiger partial charge is 0.469 e. The summed E-state index contributed by atoms with van der Waals surface area (Å²) in [5.74, 6) is 2.45. The van der Waals surface area contributed by atoms with Crippen LogP contribution in [-0.4, -0.2) is 31.8 Å². The van der Waals surface area contributed by atoms with Gasteiger partial charge in [-0.25, -0.2) is 4.98 Å². The average Bonchev–Trinajstić information content (AvgIpc) is 3.06. The van der Waals surface area contributed by atoms with Gasteiger partial charge in [-0.1, -0.05) is 6.92 Å². The van der Waals surface area contributed by atoms with Gasteiger partial charge in [0.2, 0.25) is 0 Å². The van der Waals surface area contributed by atoms with E-state index >= 15 is 0 Å². The Kier molecular flexibility index (Phi) is 5.18. The summed E-state index contributed by atoms with van der Waals surface area (Å²) in [6.07, 6.45) is 5.05. The highest BCUT2D eigenvalue weighted by molar-refractivity contribution is 5.58. The van der Waals surface area contributed by atoms with E-state index in [9.17, 15) is 0 Å². The van der Waals surface area contributed by atoms with E-state index in [4.69, 9.17) is 13.6 Å². The SMILES string of the molecule is CCc1occc1-c1cnc(CCNCCOC)o1. The van der Waals surface area contributed by atoms with Crippen LogP contribution < -0.4 is 5.32 Å². The van der Waals surface area contributed by atoms with Crippen LogP contribution in [0.4, 0.5) is 0 Å². The van der Waals surface area contributed by atoms with Gasteiger partial charge in [0.05, 0.1) is 24.6 Å². The van der Waals surface area contributed by atoms with Crippen LogP contribution >= 0.6 is 0 Å². The quantitative estimate of drug-likeness (QED) is 0.741. The maximum absolute atomic E-state index is 5.73. The molecule has 0 radical (unpaired) electrons. The molecule has 0 aromatic carbocycles. The number of oxazole rings is 1. The average molecular weight is 264 g/mol. The number of furan rings is 1. The Balaban J connectivity index is 1.88. The maximum Gasteiger partial charge on any atom is 0.196 e. The predicted octanol–water partition coefficient (Wildman–Crippen LogP) is 2.28. The molecule has 19 heavy (non-hydrogen) atoms. The number of aryl methyl sites for hydroxylation is 1. The molecule has 5 heteroatoms. The number of aromatic nitrogens is 1. The molecule has 104 valence electrons. The molecule has 0 spiro atoms. The lowest BCUT2D eigenvalue weighted by molar-refractivity contribution is 0.199. The number of rotatable bonds is 8. The summed E-state index contributed by atoms with van der Waals surface area (Å²) >= 11 is 0. The number of hydrogen-bond donors (Lipinski definition) is 1. The predicted molar refractivity (Wildman–Crippen MR) is 72.0 cm³/mol. The summed E-state index contributed by atoms with van der Waals surface area (Å²) in [7, 11) is 1.69. The van der Waals surface area contributed by atoms with Crippen molar-refractivity contribution in [3.63, 3.8) is 0 Å². The first-order valence-electron chi connectivity index (χ1n) is 6.56. The summed E-state index contributed by atoms with van der Waals surface area (Å²) in [5.41, 5.74) is 0.994.